The summed E-state index contributed by atoms with van der Waals surface area (Å²) in [6.07, 6.45) is 1.91. The number of nitrogens with zero attached hydrogens (tertiary/aromatic N) is 5. The quantitative estimate of drug-likeness (QED) is 0.153. The Balaban J connectivity index is 0.00000457. The molecular weight excluding hydrogens is 1070 g/mol. The van der Waals surface area contributed by atoms with Crippen LogP contribution in [0.1, 0.15) is 26.3 Å². The van der Waals surface area contributed by atoms with E-state index in [4.69, 9.17) is 9.72 Å². The number of fused-ring (bicyclic) bond motifs is 4. The van der Waals surface area contributed by atoms with E-state index in [1.807, 2.05) is 59.7 Å². The number of rotatable bonds is 6. The monoisotopic (exact) mass is 1110 g/mol. The van der Waals surface area contributed by atoms with Crippen LogP contribution < -0.4 is 19.4 Å². The van der Waals surface area contributed by atoms with Crippen molar-refractivity contribution < 1.29 is 25.8 Å². The summed E-state index contributed by atoms with van der Waals surface area (Å²) >= 11 is 5.62. The molecule has 6 heterocycles. The van der Waals surface area contributed by atoms with E-state index in [1.165, 1.54) is 57.6 Å². The summed E-state index contributed by atoms with van der Waals surface area (Å²) in [5, 5.41) is 2.21. The van der Waals surface area contributed by atoms with Crippen LogP contribution in [0, 0.1) is 18.8 Å². The van der Waals surface area contributed by atoms with Crippen molar-refractivity contribution in [1.82, 2.24) is 9.55 Å². The molecule has 0 aliphatic carbocycles. The molecule has 0 saturated heterocycles. The maximum atomic E-state index is 6.71. The van der Waals surface area contributed by atoms with Gasteiger partial charge >= 0.3 is 0 Å². The molecule has 0 saturated carbocycles. The molecule has 0 N–H and O–H groups in total. The van der Waals surface area contributed by atoms with E-state index in [9.17, 15) is 0 Å². The van der Waals surface area contributed by atoms with E-state index in [-0.39, 0.29) is 26.5 Å². The zero-order valence-electron chi connectivity index (χ0n) is 36.9. The average molecular weight is 1110 g/mol. The third-order valence-corrected chi connectivity index (χ3v) is 16.3. The van der Waals surface area contributed by atoms with Crippen LogP contribution in [0.15, 0.2) is 199 Å². The number of hydrogen-bond acceptors (Lipinski definition) is 8. The summed E-state index contributed by atoms with van der Waals surface area (Å²) in [4.78, 5) is 19.7. The molecule has 0 amide bonds. The summed E-state index contributed by atoms with van der Waals surface area (Å²) in [6, 6.07) is 65.8. The molecule has 0 fully saturated rings. The molecule has 0 unspecified atom stereocenters. The SMILES string of the molecule is CC(C)(C)c1ccnc(-n2c3[c-]c(Oc4[c-]c(N5[CH-]N(c6cc7c8c(c6)Sc6cccc9c6N8c6c(cccc6S7)S9)c6ccccc65)ccc4)ccc3c3cc(-c4ccccc4)ccc32)c1.[Pt]. The molecule has 0 bridgehead atoms. The van der Waals surface area contributed by atoms with Crippen molar-refractivity contribution in [2.24, 2.45) is 0 Å². The van der Waals surface area contributed by atoms with E-state index in [0.29, 0.717) is 11.5 Å². The largest absolute Gasteiger partial charge is 0.509 e. The second kappa shape index (κ2) is 15.9. The van der Waals surface area contributed by atoms with Gasteiger partial charge in [0.1, 0.15) is 5.82 Å². The smallest absolute Gasteiger partial charge is 0.135 e. The van der Waals surface area contributed by atoms with Crippen LogP contribution in [0.4, 0.5) is 39.8 Å². The van der Waals surface area contributed by atoms with E-state index < -0.39 is 0 Å². The van der Waals surface area contributed by atoms with Crippen LogP contribution in [0.25, 0.3) is 38.8 Å². The third-order valence-electron chi connectivity index (χ3n) is 13.0. The van der Waals surface area contributed by atoms with Crippen LogP contribution in [-0.2, 0) is 26.5 Å². The molecule has 10 aromatic rings. The van der Waals surface area contributed by atoms with E-state index in [1.54, 1.807) is 0 Å². The third kappa shape index (κ3) is 6.57. The standard InChI is InChI=1S/C58H38N5OS3.Pt/c1-58(2,3)37-26-27-59-54(29-37)62-44-25-22-36(35-12-5-4-6-13-35)28-43(44)42-24-23-41(33-47(42)62)64-40-15-9-14-38(30-40)60-34-61(46-17-8-7-16-45(46)60)39-31-52-57-53(32-39)67-51-21-11-19-49-56(51)63(57)55-48(65-49)18-10-20-50(55)66-52;/h4-29,31-32,34H,1-3H3;/q-3;. The van der Waals surface area contributed by atoms with Gasteiger partial charge in [0.2, 0.25) is 0 Å². The number of anilines is 7. The van der Waals surface area contributed by atoms with E-state index >= 15 is 0 Å². The Morgan fingerprint density at radius 2 is 1.18 bits per heavy atom. The van der Waals surface area contributed by atoms with Crippen molar-refractivity contribution in [2.45, 2.75) is 55.6 Å². The molecule has 6 nitrogen and oxygen atoms in total. The van der Waals surface area contributed by atoms with Gasteiger partial charge in [0.25, 0.3) is 0 Å². The molecule has 2 aromatic heterocycles. The van der Waals surface area contributed by atoms with Crippen LogP contribution in [-0.4, -0.2) is 9.55 Å². The Morgan fingerprint density at radius 1 is 0.544 bits per heavy atom. The number of aromatic nitrogens is 2. The first-order valence-electron chi connectivity index (χ1n) is 22.3. The van der Waals surface area contributed by atoms with Gasteiger partial charge in [0, 0.05) is 90.7 Å². The van der Waals surface area contributed by atoms with Crippen molar-refractivity contribution in [1.29, 1.82) is 0 Å². The Labute approximate surface area is 422 Å². The second-order valence-electron chi connectivity index (χ2n) is 18.2. The first-order valence-corrected chi connectivity index (χ1v) is 24.8. The predicted molar refractivity (Wildman–Crippen MR) is 275 cm³/mol. The average Bonchev–Trinajstić information content (AvgIpc) is 3.90. The first-order chi connectivity index (χ1) is 32.8. The summed E-state index contributed by atoms with van der Waals surface area (Å²) in [5.74, 6) is 2.04. The first kappa shape index (κ1) is 41.8. The summed E-state index contributed by atoms with van der Waals surface area (Å²) in [7, 11) is 0. The molecule has 4 aliphatic heterocycles. The van der Waals surface area contributed by atoms with Crippen molar-refractivity contribution in [2.75, 3.05) is 14.7 Å². The van der Waals surface area contributed by atoms with Gasteiger partial charge in [0.15, 0.2) is 0 Å². The Morgan fingerprint density at radius 3 is 1.88 bits per heavy atom. The summed E-state index contributed by atoms with van der Waals surface area (Å²) in [5.41, 5.74) is 13.5. The van der Waals surface area contributed by atoms with Gasteiger partial charge in [-0.25, -0.2) is 4.98 Å². The molecule has 10 heteroatoms. The number of hydrogen-bond donors (Lipinski definition) is 0. The maximum absolute atomic E-state index is 6.71. The Hall–Kier alpha value is -6.35. The molecule has 8 aromatic carbocycles. The van der Waals surface area contributed by atoms with Crippen molar-refractivity contribution in [3.8, 4) is 28.4 Å². The second-order valence-corrected chi connectivity index (χ2v) is 21.4. The predicted octanol–water partition coefficient (Wildman–Crippen LogP) is 16.8. The summed E-state index contributed by atoms with van der Waals surface area (Å²) in [6.45, 7) is 8.89. The number of pyridine rings is 1. The Kier molecular flexibility index (Phi) is 9.75. The van der Waals surface area contributed by atoms with Crippen LogP contribution in [0.5, 0.6) is 11.5 Å². The molecule has 0 radical (unpaired) electrons. The van der Waals surface area contributed by atoms with Gasteiger partial charge in [-0.2, -0.15) is 12.1 Å². The minimum atomic E-state index is -0.0449. The van der Waals surface area contributed by atoms with Gasteiger partial charge in [0.05, 0.1) is 17.1 Å². The van der Waals surface area contributed by atoms with Crippen molar-refractivity contribution >= 4 is 96.9 Å². The zero-order valence-corrected chi connectivity index (χ0v) is 41.7. The minimum absolute atomic E-state index is 0. The molecule has 68 heavy (non-hydrogen) atoms. The molecule has 14 rings (SSSR count). The fourth-order valence-corrected chi connectivity index (χ4v) is 13.5. The fourth-order valence-electron chi connectivity index (χ4n) is 9.85. The number of para-hydroxylation sites is 4. The number of ether oxygens (including phenoxy) is 1. The van der Waals surface area contributed by atoms with Crippen molar-refractivity contribution in [3.63, 3.8) is 0 Å². The van der Waals surface area contributed by atoms with Gasteiger partial charge in [-0.3, -0.25) is 0 Å². The van der Waals surface area contributed by atoms with E-state index in [2.05, 4.69) is 204 Å². The molecular formula is C58H38N5OPtS3-3. The normalized spacial score (nSPS) is 14.0. The van der Waals surface area contributed by atoms with Crippen molar-refractivity contribution in [3.05, 3.63) is 194 Å². The van der Waals surface area contributed by atoms with Gasteiger partial charge < -0.3 is 24.0 Å². The van der Waals surface area contributed by atoms with Gasteiger partial charge in [-0.15, -0.1) is 48.1 Å². The molecule has 4 aliphatic rings. The molecule has 332 valence electrons. The van der Waals surface area contributed by atoms with Crippen LogP contribution in [0.2, 0.25) is 0 Å². The number of benzene rings is 8. The molecule has 0 spiro atoms. The Bertz CT molecular complexity index is 3640. The zero-order chi connectivity index (χ0) is 44.5. The van der Waals surface area contributed by atoms with Crippen LogP contribution >= 0.6 is 35.3 Å². The van der Waals surface area contributed by atoms with Gasteiger partial charge in [-0.05, 0) is 94.2 Å². The molecule has 0 atom stereocenters. The van der Waals surface area contributed by atoms with Gasteiger partial charge in [-0.1, -0.05) is 128 Å². The van der Waals surface area contributed by atoms with E-state index in [0.717, 1.165) is 55.9 Å². The summed E-state index contributed by atoms with van der Waals surface area (Å²) < 4.78 is 8.93. The van der Waals surface area contributed by atoms with Crippen LogP contribution in [0.3, 0.4) is 0 Å². The fraction of sp³-hybridized carbons (Fsp3) is 0.0690. The minimum Gasteiger partial charge on any atom is -0.509 e. The topological polar surface area (TPSA) is 36.8 Å². The maximum Gasteiger partial charge on any atom is 0.135 e.